The fourth-order valence-electron chi connectivity index (χ4n) is 14.9. The van der Waals surface area contributed by atoms with Crippen molar-refractivity contribution in [2.45, 2.75) is 219 Å². The van der Waals surface area contributed by atoms with E-state index in [2.05, 4.69) is 158 Å². The van der Waals surface area contributed by atoms with Gasteiger partial charge in [0, 0.05) is 102 Å². The van der Waals surface area contributed by atoms with Gasteiger partial charge in [-0.25, -0.2) is 0 Å². The Morgan fingerprint density at radius 2 is 0.656 bits per heavy atom. The third kappa shape index (κ3) is 21.4. The van der Waals surface area contributed by atoms with Crippen LogP contribution in [0.15, 0.2) is 160 Å². The summed E-state index contributed by atoms with van der Waals surface area (Å²) in [4.78, 5) is 81.1. The van der Waals surface area contributed by atoms with E-state index in [1.807, 2.05) is 186 Å². The molecule has 0 fully saturated rings. The maximum absolute atomic E-state index is 12.7. The van der Waals surface area contributed by atoms with E-state index in [1.165, 1.54) is 41.8 Å². The average Bonchev–Trinajstić information content (AvgIpc) is 1.61. The van der Waals surface area contributed by atoms with Gasteiger partial charge >= 0.3 is 17.9 Å². The quantitative estimate of drug-likeness (QED) is 0.0811. The second-order valence-electron chi connectivity index (χ2n) is 34.5. The molecule has 0 N–H and O–H groups in total. The monoisotopic (exact) mass is 1820 g/mol. The number of likely N-dealkylation sites (N-methyl/N-ethyl adjacent to an activating group) is 1. The standard InChI is InChI=1S/2C23H26N4O2S.C22H25N5O2S.C21H22ClN5OS.C7H8.CH3F/c2*1-13-14(2)30-22-19(13)20(16-10-8-7-9-11-16)24-17(12-18(28)29-23(4,5)6)21-26-25-15(3)27(21)22;1-12-13(2)30-21-18(12)19(15-8-7-9-23-11-15)24-16(10-17(28)29-22(4,5)6)20-26-25-14(3)27(20)21;1-11-12(2)29-21-18(11)19(15-6-8-16(22)9-7-15)23-17(10-26(5)14(4)28)20-25-24-13(3)27(20)21;1-7-5-3-2-4-6-7;1-2/h2*7-11,17H,12H2,1-6H3;7-9,11,16H,10H2,1-6H3;6-9,17H,10H2,1-5H3;2-6H,1H3;1H3/t2*17-;16-;17-;;/m0000../s1. The zero-order chi connectivity index (χ0) is 92.9. The van der Waals surface area contributed by atoms with E-state index < -0.39 is 34.9 Å². The van der Waals surface area contributed by atoms with Crippen LogP contribution in [0, 0.1) is 90.0 Å². The molecule has 1 amide bonds. The molecule has 4 aromatic carbocycles. The topological polar surface area (TPSA) is 284 Å². The van der Waals surface area contributed by atoms with Crippen molar-refractivity contribution in [3.63, 3.8) is 0 Å². The van der Waals surface area contributed by atoms with E-state index in [4.69, 9.17) is 45.8 Å². The average molecular weight is 1820 g/mol. The van der Waals surface area contributed by atoms with E-state index >= 15 is 0 Å². The Kier molecular flexibility index (Phi) is 29.6. The predicted molar refractivity (Wildman–Crippen MR) is 509 cm³/mol. The minimum Gasteiger partial charge on any atom is -0.460 e. The Morgan fingerprint density at radius 3 is 0.930 bits per heavy atom. The molecule has 0 saturated heterocycles. The first-order valence-electron chi connectivity index (χ1n) is 42.1. The second kappa shape index (κ2) is 39.8. The lowest BCUT2D eigenvalue weighted by Crippen LogP contribution is -2.29. The number of pyridine rings is 1. The van der Waals surface area contributed by atoms with Gasteiger partial charge in [-0.1, -0.05) is 120 Å². The Bertz CT molecular complexity index is 5920. The molecule has 0 aliphatic carbocycles. The van der Waals surface area contributed by atoms with Gasteiger partial charge in [0.05, 0.1) is 49.3 Å². The van der Waals surface area contributed by atoms with Crippen molar-refractivity contribution in [3.8, 4) is 20.0 Å². The molecule has 0 radical (unpaired) electrons. The predicted octanol–water partition coefficient (Wildman–Crippen LogP) is 20.9. The fourth-order valence-corrected chi connectivity index (χ4v) is 19.9. The number of aryl methyl sites for hydroxylation is 9. The highest BCUT2D eigenvalue weighted by Gasteiger charge is 2.39. The number of amides is 1. The van der Waals surface area contributed by atoms with Crippen molar-refractivity contribution in [1.29, 1.82) is 0 Å². The van der Waals surface area contributed by atoms with Crippen molar-refractivity contribution >= 4 is 104 Å². The van der Waals surface area contributed by atoms with Crippen LogP contribution in [0.5, 0.6) is 0 Å². The minimum atomic E-state index is -0.562. The summed E-state index contributed by atoms with van der Waals surface area (Å²) in [6.45, 7) is 45.5. The molecule has 31 heteroatoms. The number of nitrogens with zero attached hydrogens (tertiary/aromatic N) is 18. The summed E-state index contributed by atoms with van der Waals surface area (Å²) in [5.41, 5.74) is 16.1. The smallest absolute Gasteiger partial charge is 0.308 e. The largest absolute Gasteiger partial charge is 0.460 e. The normalized spacial score (nSPS) is 15.1. The van der Waals surface area contributed by atoms with Crippen LogP contribution in [0.25, 0.3) is 20.0 Å². The van der Waals surface area contributed by atoms with Crippen LogP contribution in [-0.4, -0.2) is 153 Å². The zero-order valence-electron chi connectivity index (χ0n) is 77.2. The van der Waals surface area contributed by atoms with E-state index in [9.17, 15) is 23.6 Å². The third-order valence-electron chi connectivity index (χ3n) is 21.4. The molecular weight excluding hydrogens is 1710 g/mol. The highest BCUT2D eigenvalue weighted by Crippen LogP contribution is 2.45. The lowest BCUT2D eigenvalue weighted by molar-refractivity contribution is -0.156. The summed E-state index contributed by atoms with van der Waals surface area (Å²) in [5.74, 6) is 4.98. The first kappa shape index (κ1) is 95.3. The van der Waals surface area contributed by atoms with Gasteiger partial charge in [-0.05, 0) is 199 Å². The van der Waals surface area contributed by atoms with Crippen LogP contribution in [0.1, 0.15) is 251 Å². The van der Waals surface area contributed by atoms with Crippen LogP contribution in [-0.2, 0) is 33.4 Å². The number of thiophene rings is 4. The van der Waals surface area contributed by atoms with Gasteiger partial charge in [0.15, 0.2) is 23.3 Å². The zero-order valence-corrected chi connectivity index (χ0v) is 81.2. The lowest BCUT2D eigenvalue weighted by atomic mass is 10.00. The van der Waals surface area contributed by atoms with E-state index in [-0.39, 0.29) is 49.1 Å². The Hall–Kier alpha value is -11.8. The molecular formula is C97H110ClFN18O7S4. The summed E-state index contributed by atoms with van der Waals surface area (Å²) in [7, 11) is 2.28. The highest BCUT2D eigenvalue weighted by atomic mass is 35.5. The number of carbonyl (C=O) groups excluding carboxylic acids is 4. The summed E-state index contributed by atoms with van der Waals surface area (Å²) in [6, 6.07) is 40.3. The number of benzene rings is 4. The first-order valence-corrected chi connectivity index (χ1v) is 45.7. The van der Waals surface area contributed by atoms with Gasteiger partial charge in [-0.3, -0.25) is 66.8 Å². The van der Waals surface area contributed by atoms with E-state index in [0.29, 0.717) is 36.2 Å². The number of alkyl halides is 1. The van der Waals surface area contributed by atoms with Crippen molar-refractivity contribution in [1.82, 2.24) is 68.9 Å². The summed E-state index contributed by atoms with van der Waals surface area (Å²) in [5, 5.41) is 39.8. The molecule has 4 aliphatic rings. The van der Waals surface area contributed by atoms with Crippen LogP contribution in [0.2, 0.25) is 5.02 Å². The highest BCUT2D eigenvalue weighted by molar-refractivity contribution is 7.16. The van der Waals surface area contributed by atoms with Gasteiger partial charge in [-0.15, -0.1) is 86.1 Å². The number of fused-ring (bicyclic) bond motifs is 12. The van der Waals surface area contributed by atoms with Gasteiger partial charge in [0.1, 0.15) is 84.3 Å². The molecule has 4 aliphatic heterocycles. The van der Waals surface area contributed by atoms with Crippen molar-refractivity contribution in [3.05, 3.63) is 283 Å². The number of hydrogen-bond donors (Lipinski definition) is 0. The molecule has 13 aromatic rings. The minimum absolute atomic E-state index is 0.0120. The Labute approximate surface area is 768 Å². The summed E-state index contributed by atoms with van der Waals surface area (Å²) >= 11 is 12.9. The number of carbonyl (C=O) groups is 4. The van der Waals surface area contributed by atoms with Crippen molar-refractivity contribution in [2.24, 2.45) is 20.0 Å². The Balaban J connectivity index is 0.000000150. The molecule has 25 nitrogen and oxygen atoms in total. The molecule has 0 bridgehead atoms. The molecule has 128 heavy (non-hydrogen) atoms. The van der Waals surface area contributed by atoms with Crippen LogP contribution < -0.4 is 0 Å². The maximum atomic E-state index is 12.7. The van der Waals surface area contributed by atoms with E-state index in [1.54, 1.807) is 76.6 Å². The molecule has 4 atom stereocenters. The van der Waals surface area contributed by atoms with E-state index in [0.717, 1.165) is 122 Å². The molecule has 17 rings (SSSR count). The van der Waals surface area contributed by atoms with Crippen molar-refractivity contribution < 1.29 is 37.8 Å². The van der Waals surface area contributed by atoms with Crippen LogP contribution in [0.3, 0.4) is 0 Å². The number of aromatic nitrogens is 13. The molecule has 0 spiro atoms. The number of esters is 3. The third-order valence-corrected chi connectivity index (χ3v) is 26.4. The fraction of sp³-hybridized carbons (Fsp3) is 0.371. The number of halogens is 2. The Morgan fingerprint density at radius 1 is 0.383 bits per heavy atom. The second-order valence-corrected chi connectivity index (χ2v) is 39.7. The van der Waals surface area contributed by atoms with Crippen molar-refractivity contribution in [2.75, 3.05) is 20.8 Å². The summed E-state index contributed by atoms with van der Waals surface area (Å²) in [6.07, 6.45) is 3.85. The lowest BCUT2D eigenvalue weighted by Gasteiger charge is -2.21. The van der Waals surface area contributed by atoms with Gasteiger partial charge in [0.2, 0.25) is 5.91 Å². The maximum Gasteiger partial charge on any atom is 0.308 e. The number of rotatable bonds is 12. The number of aliphatic imine (C=N–C) groups is 4. The molecule has 9 aromatic heterocycles. The molecule has 0 unspecified atom stereocenters. The number of hydrogen-bond acceptors (Lipinski definition) is 24. The first-order chi connectivity index (χ1) is 60.6. The van der Waals surface area contributed by atoms with Crippen LogP contribution >= 0.6 is 56.9 Å². The molecule has 0 saturated carbocycles. The number of ether oxygens (including phenoxy) is 3. The van der Waals surface area contributed by atoms with Gasteiger partial charge < -0.3 is 19.1 Å². The van der Waals surface area contributed by atoms with Gasteiger partial charge in [-0.2, -0.15) is 0 Å². The summed E-state index contributed by atoms with van der Waals surface area (Å²) < 4.78 is 34.5. The van der Waals surface area contributed by atoms with Gasteiger partial charge in [0.25, 0.3) is 0 Å². The molecule has 13 heterocycles. The van der Waals surface area contributed by atoms with Crippen LogP contribution in [0.4, 0.5) is 4.39 Å². The molecule has 668 valence electrons. The SMILES string of the molecule is CC(=O)N(C)C[C@@H]1N=C(c2ccc(Cl)cc2)c2c(sc(C)c2C)-n2c(C)nnc21.CF.Cc1ccccc1.Cc1sc2c(c1C)C(c1ccccc1)=N[C@@H](CC(=O)OC(C)(C)C)c1nnc(C)n1-2.Cc1sc2c(c1C)C(c1ccccc1)=N[C@@H](CC(=O)OC(C)(C)C)c1nnc(C)n1-2.Cc1sc2c(c1C)C(c1cccnc1)=N[C@@H](CC(=O)OC(C)(C)C)c1nnc(C)n1-2.